The van der Waals surface area contributed by atoms with Crippen LogP contribution in [0.5, 0.6) is 11.5 Å². The predicted molar refractivity (Wildman–Crippen MR) is 92.6 cm³/mol. The molecule has 1 unspecified atom stereocenters. The lowest BCUT2D eigenvalue weighted by Crippen LogP contribution is -2.44. The average Bonchev–Trinajstić information content (AvgIpc) is 2.56. The molecule has 6 heteroatoms. The first-order chi connectivity index (χ1) is 11.4. The Kier molecular flexibility index (Phi) is 6.31. The number of amides is 2. The largest absolute Gasteiger partial charge is 0.493 e. The minimum atomic E-state index is -0.223. The van der Waals surface area contributed by atoms with Gasteiger partial charge in [0.15, 0.2) is 11.5 Å². The van der Waals surface area contributed by atoms with Crippen LogP contribution in [0.15, 0.2) is 12.1 Å². The standard InChI is InChI=1S/C18H28N2O4/c1-11-9-16(23-3)17(24-4)10-15(11)12(2)19-18(22)20-13-5-7-14(21)8-6-13/h9-10,12-14,21H,5-8H2,1-4H3,(H2,19,20,22). The van der Waals surface area contributed by atoms with Gasteiger partial charge in [-0.15, -0.1) is 0 Å². The third-order valence-electron chi connectivity index (χ3n) is 4.62. The maximum atomic E-state index is 12.2. The Labute approximate surface area is 143 Å². The van der Waals surface area contributed by atoms with Crippen molar-refractivity contribution in [2.24, 2.45) is 0 Å². The van der Waals surface area contributed by atoms with E-state index in [0.717, 1.165) is 36.8 Å². The van der Waals surface area contributed by atoms with E-state index in [1.165, 1.54) is 0 Å². The molecular weight excluding hydrogens is 308 g/mol. The number of aliphatic hydroxyl groups is 1. The molecule has 1 atom stereocenters. The van der Waals surface area contributed by atoms with E-state index in [1.807, 2.05) is 26.0 Å². The second-order valence-corrected chi connectivity index (χ2v) is 6.41. The molecule has 2 rings (SSSR count). The number of benzene rings is 1. The van der Waals surface area contributed by atoms with Gasteiger partial charge in [-0.3, -0.25) is 0 Å². The van der Waals surface area contributed by atoms with Gasteiger partial charge in [0, 0.05) is 6.04 Å². The Morgan fingerprint density at radius 1 is 1.17 bits per heavy atom. The van der Waals surface area contributed by atoms with Crippen molar-refractivity contribution in [2.75, 3.05) is 14.2 Å². The van der Waals surface area contributed by atoms with E-state index in [9.17, 15) is 9.90 Å². The molecule has 1 aromatic carbocycles. The van der Waals surface area contributed by atoms with Crippen LogP contribution in [0.1, 0.15) is 49.8 Å². The fourth-order valence-electron chi connectivity index (χ4n) is 3.18. The Balaban J connectivity index is 1.98. The molecular formula is C18H28N2O4. The first kappa shape index (κ1) is 18.4. The molecule has 1 aromatic rings. The third-order valence-corrected chi connectivity index (χ3v) is 4.62. The van der Waals surface area contributed by atoms with Crippen molar-refractivity contribution in [2.45, 2.75) is 57.7 Å². The van der Waals surface area contributed by atoms with Gasteiger partial charge in [-0.25, -0.2) is 4.79 Å². The summed E-state index contributed by atoms with van der Waals surface area (Å²) in [5.74, 6) is 1.32. The molecule has 0 saturated heterocycles. The summed E-state index contributed by atoms with van der Waals surface area (Å²) < 4.78 is 10.6. The minimum Gasteiger partial charge on any atom is -0.493 e. The number of carbonyl (C=O) groups is 1. The topological polar surface area (TPSA) is 79.8 Å². The normalized spacial score (nSPS) is 21.7. The number of urea groups is 1. The van der Waals surface area contributed by atoms with E-state index in [1.54, 1.807) is 14.2 Å². The van der Waals surface area contributed by atoms with Crippen molar-refractivity contribution >= 4 is 6.03 Å². The van der Waals surface area contributed by atoms with Crippen LogP contribution in [0.25, 0.3) is 0 Å². The zero-order valence-electron chi connectivity index (χ0n) is 14.9. The van der Waals surface area contributed by atoms with Gasteiger partial charge in [-0.1, -0.05) is 0 Å². The SMILES string of the molecule is COc1cc(C)c(C(C)NC(=O)NC2CCC(O)CC2)cc1OC. The zero-order chi connectivity index (χ0) is 17.7. The number of hydrogen-bond acceptors (Lipinski definition) is 4. The van der Waals surface area contributed by atoms with E-state index < -0.39 is 0 Å². The maximum Gasteiger partial charge on any atom is 0.315 e. The quantitative estimate of drug-likeness (QED) is 0.772. The van der Waals surface area contributed by atoms with Gasteiger partial charge in [0.25, 0.3) is 0 Å². The van der Waals surface area contributed by atoms with E-state index in [2.05, 4.69) is 10.6 Å². The van der Waals surface area contributed by atoms with E-state index >= 15 is 0 Å². The molecule has 1 saturated carbocycles. The highest BCUT2D eigenvalue weighted by atomic mass is 16.5. The predicted octanol–water partition coefficient (Wildman–Crippen LogP) is 2.68. The molecule has 1 fully saturated rings. The minimum absolute atomic E-state index is 0.132. The number of carbonyl (C=O) groups excluding carboxylic acids is 1. The van der Waals surface area contributed by atoms with Crippen molar-refractivity contribution in [3.05, 3.63) is 23.3 Å². The number of hydrogen-bond donors (Lipinski definition) is 3. The number of nitrogens with one attached hydrogen (secondary N) is 2. The van der Waals surface area contributed by atoms with Crippen LogP contribution in [-0.4, -0.2) is 37.5 Å². The molecule has 0 spiro atoms. The number of aliphatic hydroxyl groups excluding tert-OH is 1. The fourth-order valence-corrected chi connectivity index (χ4v) is 3.18. The summed E-state index contributed by atoms with van der Waals surface area (Å²) in [6.45, 7) is 3.92. The maximum absolute atomic E-state index is 12.2. The monoisotopic (exact) mass is 336 g/mol. The van der Waals surface area contributed by atoms with Crippen LogP contribution in [0.2, 0.25) is 0 Å². The average molecular weight is 336 g/mol. The number of methoxy groups -OCH3 is 2. The molecule has 0 aromatic heterocycles. The van der Waals surface area contributed by atoms with E-state index in [0.29, 0.717) is 11.5 Å². The Morgan fingerprint density at radius 2 is 1.75 bits per heavy atom. The first-order valence-electron chi connectivity index (χ1n) is 8.42. The lowest BCUT2D eigenvalue weighted by atomic mass is 9.93. The summed E-state index contributed by atoms with van der Waals surface area (Å²) in [6.07, 6.45) is 2.90. The summed E-state index contributed by atoms with van der Waals surface area (Å²) in [5, 5.41) is 15.5. The van der Waals surface area contributed by atoms with Gasteiger partial charge in [0.2, 0.25) is 0 Å². The molecule has 3 N–H and O–H groups in total. The van der Waals surface area contributed by atoms with Gasteiger partial charge in [-0.2, -0.15) is 0 Å². The highest BCUT2D eigenvalue weighted by Gasteiger charge is 2.22. The lowest BCUT2D eigenvalue weighted by Gasteiger charge is -2.27. The van der Waals surface area contributed by atoms with E-state index in [4.69, 9.17) is 9.47 Å². The van der Waals surface area contributed by atoms with Gasteiger partial charge >= 0.3 is 6.03 Å². The van der Waals surface area contributed by atoms with Crippen LogP contribution in [-0.2, 0) is 0 Å². The highest BCUT2D eigenvalue weighted by Crippen LogP contribution is 2.32. The molecule has 1 aliphatic carbocycles. The molecule has 6 nitrogen and oxygen atoms in total. The fraction of sp³-hybridized carbons (Fsp3) is 0.611. The molecule has 24 heavy (non-hydrogen) atoms. The molecule has 0 bridgehead atoms. The van der Waals surface area contributed by atoms with Crippen molar-refractivity contribution in [3.8, 4) is 11.5 Å². The van der Waals surface area contributed by atoms with Crippen molar-refractivity contribution in [1.82, 2.24) is 10.6 Å². The Morgan fingerprint density at radius 3 is 2.33 bits per heavy atom. The van der Waals surface area contributed by atoms with Crippen LogP contribution in [0.4, 0.5) is 4.79 Å². The summed E-state index contributed by atoms with van der Waals surface area (Å²) in [4.78, 5) is 12.2. The van der Waals surface area contributed by atoms with Crippen LogP contribution >= 0.6 is 0 Å². The van der Waals surface area contributed by atoms with Crippen LogP contribution < -0.4 is 20.1 Å². The molecule has 134 valence electrons. The number of ether oxygens (including phenoxy) is 2. The smallest absolute Gasteiger partial charge is 0.315 e. The number of aryl methyl sites for hydroxylation is 1. The number of rotatable bonds is 5. The summed E-state index contributed by atoms with van der Waals surface area (Å²) in [6, 6.07) is 3.60. The van der Waals surface area contributed by atoms with Crippen LogP contribution in [0.3, 0.4) is 0 Å². The molecule has 0 aliphatic heterocycles. The first-order valence-corrected chi connectivity index (χ1v) is 8.42. The zero-order valence-corrected chi connectivity index (χ0v) is 14.9. The second-order valence-electron chi connectivity index (χ2n) is 6.41. The van der Waals surface area contributed by atoms with Crippen molar-refractivity contribution in [1.29, 1.82) is 0 Å². The van der Waals surface area contributed by atoms with Gasteiger partial charge in [0.05, 0.1) is 26.4 Å². The van der Waals surface area contributed by atoms with Crippen molar-refractivity contribution < 1.29 is 19.4 Å². The molecule has 2 amide bonds. The summed E-state index contributed by atoms with van der Waals surface area (Å²) in [7, 11) is 3.20. The third kappa shape index (κ3) is 4.54. The van der Waals surface area contributed by atoms with E-state index in [-0.39, 0.29) is 24.2 Å². The summed E-state index contributed by atoms with van der Waals surface area (Å²) >= 11 is 0. The molecule has 0 heterocycles. The Hall–Kier alpha value is -1.95. The molecule has 0 radical (unpaired) electrons. The lowest BCUT2D eigenvalue weighted by molar-refractivity contribution is 0.117. The molecule has 1 aliphatic rings. The highest BCUT2D eigenvalue weighted by molar-refractivity contribution is 5.75. The Bertz CT molecular complexity index is 568. The van der Waals surface area contributed by atoms with Crippen LogP contribution in [0, 0.1) is 6.92 Å². The van der Waals surface area contributed by atoms with Crippen molar-refractivity contribution in [3.63, 3.8) is 0 Å². The summed E-state index contributed by atoms with van der Waals surface area (Å²) in [5.41, 5.74) is 2.02. The van der Waals surface area contributed by atoms with Gasteiger partial charge in [0.1, 0.15) is 0 Å². The second kappa shape index (κ2) is 8.24. The van der Waals surface area contributed by atoms with Gasteiger partial charge in [-0.05, 0) is 62.8 Å². The van der Waals surface area contributed by atoms with Gasteiger partial charge < -0.3 is 25.2 Å².